The van der Waals surface area contributed by atoms with Gasteiger partial charge < -0.3 is 14.8 Å². The highest BCUT2D eigenvalue weighted by atomic mass is 32.1. The molecule has 108 valence electrons. The zero-order chi connectivity index (χ0) is 14.7. The Hall–Kier alpha value is -2.25. The molecule has 0 aliphatic heterocycles. The summed E-state index contributed by atoms with van der Waals surface area (Å²) in [4.78, 5) is 8.39. The van der Waals surface area contributed by atoms with Crippen molar-refractivity contribution in [2.45, 2.75) is 5.60 Å². The molecule has 7 heteroatoms. The van der Waals surface area contributed by atoms with Crippen LogP contribution in [0.3, 0.4) is 0 Å². The number of nitrogens with one attached hydrogen (secondary N) is 1. The van der Waals surface area contributed by atoms with Gasteiger partial charge in [0.25, 0.3) is 0 Å². The minimum atomic E-state index is -1.26. The smallest absolute Gasteiger partial charge is 0.222 e. The van der Waals surface area contributed by atoms with Crippen molar-refractivity contribution in [1.29, 1.82) is 0 Å². The zero-order valence-corrected chi connectivity index (χ0v) is 11.7. The second-order valence-electron chi connectivity index (χ2n) is 4.43. The van der Waals surface area contributed by atoms with Gasteiger partial charge in [0.1, 0.15) is 5.60 Å². The van der Waals surface area contributed by atoms with E-state index in [1.54, 1.807) is 6.07 Å². The predicted molar refractivity (Wildman–Crippen MR) is 76.5 cm³/mol. The van der Waals surface area contributed by atoms with Gasteiger partial charge in [-0.3, -0.25) is 0 Å². The number of nitrogens with zero attached hydrogens (tertiary/aromatic N) is 2. The molecule has 0 radical (unpaired) electrons. The van der Waals surface area contributed by atoms with E-state index in [0.29, 0.717) is 5.56 Å². The zero-order valence-electron chi connectivity index (χ0n) is 10.9. The Morgan fingerprint density at radius 3 is 2.76 bits per heavy atom. The lowest BCUT2D eigenvalue weighted by Gasteiger charge is -2.26. The second-order valence-corrected chi connectivity index (χ2v) is 5.38. The monoisotopic (exact) mass is 305 g/mol. The average molecular weight is 305 g/mol. The minimum Gasteiger partial charge on any atom is -0.472 e. The molecule has 2 N–H and O–H groups in total. The molecule has 1 atom stereocenters. The van der Waals surface area contributed by atoms with E-state index in [1.807, 2.05) is 17.5 Å². The average Bonchev–Trinajstić information content (AvgIpc) is 3.19. The van der Waals surface area contributed by atoms with Crippen LogP contribution in [0.4, 0.5) is 10.3 Å². The molecule has 3 heterocycles. The Bertz CT molecular complexity index is 649. The van der Waals surface area contributed by atoms with Crippen molar-refractivity contribution in [3.05, 3.63) is 64.8 Å². The first-order chi connectivity index (χ1) is 10.2. The number of aliphatic hydroxyl groups is 1. The van der Waals surface area contributed by atoms with Gasteiger partial charge in [-0.15, -0.1) is 11.3 Å². The number of thiophene rings is 1. The number of aromatic nitrogens is 2. The van der Waals surface area contributed by atoms with Crippen LogP contribution in [0.25, 0.3) is 0 Å². The highest BCUT2D eigenvalue weighted by Crippen LogP contribution is 2.33. The molecule has 0 aliphatic carbocycles. The van der Waals surface area contributed by atoms with E-state index < -0.39 is 11.4 Å². The van der Waals surface area contributed by atoms with Crippen LogP contribution < -0.4 is 5.32 Å². The van der Waals surface area contributed by atoms with Crippen molar-refractivity contribution in [2.75, 3.05) is 11.9 Å². The maximum absolute atomic E-state index is 12.8. The largest absolute Gasteiger partial charge is 0.472 e. The summed E-state index contributed by atoms with van der Waals surface area (Å²) >= 11 is 1.43. The summed E-state index contributed by atoms with van der Waals surface area (Å²) in [6.45, 7) is 0.138. The summed E-state index contributed by atoms with van der Waals surface area (Å²) in [5, 5.41) is 15.8. The first kappa shape index (κ1) is 13.7. The SMILES string of the molecule is OC(CNc1ncc(F)cn1)(c1ccoc1)c1cccs1. The van der Waals surface area contributed by atoms with Crippen LogP contribution in [0.2, 0.25) is 0 Å². The number of rotatable bonds is 5. The molecule has 0 saturated heterocycles. The van der Waals surface area contributed by atoms with E-state index >= 15 is 0 Å². The minimum absolute atomic E-state index is 0.138. The van der Waals surface area contributed by atoms with Crippen molar-refractivity contribution in [1.82, 2.24) is 9.97 Å². The van der Waals surface area contributed by atoms with Crippen molar-refractivity contribution < 1.29 is 13.9 Å². The summed E-state index contributed by atoms with van der Waals surface area (Å²) in [7, 11) is 0. The van der Waals surface area contributed by atoms with Gasteiger partial charge in [0.15, 0.2) is 5.82 Å². The van der Waals surface area contributed by atoms with Gasteiger partial charge >= 0.3 is 0 Å². The molecule has 3 aromatic heterocycles. The van der Waals surface area contributed by atoms with Gasteiger partial charge in [0, 0.05) is 10.4 Å². The lowest BCUT2D eigenvalue weighted by molar-refractivity contribution is 0.0980. The molecular formula is C14H12FN3O2S. The van der Waals surface area contributed by atoms with Crippen LogP contribution in [-0.2, 0) is 5.60 Å². The summed E-state index contributed by atoms with van der Waals surface area (Å²) in [6, 6.07) is 5.40. The van der Waals surface area contributed by atoms with E-state index in [9.17, 15) is 9.50 Å². The van der Waals surface area contributed by atoms with Gasteiger partial charge in [-0.05, 0) is 17.5 Å². The Kier molecular flexibility index (Phi) is 3.68. The molecule has 0 bridgehead atoms. The van der Waals surface area contributed by atoms with Gasteiger partial charge in [-0.1, -0.05) is 6.07 Å². The number of halogens is 1. The molecular weight excluding hydrogens is 293 g/mol. The summed E-state index contributed by atoms with van der Waals surface area (Å²) in [5.41, 5.74) is -0.640. The third-order valence-corrected chi connectivity index (χ3v) is 4.07. The fraction of sp³-hybridized carbons (Fsp3) is 0.143. The van der Waals surface area contributed by atoms with Crippen LogP contribution >= 0.6 is 11.3 Å². The van der Waals surface area contributed by atoms with Crippen molar-refractivity contribution in [3.8, 4) is 0 Å². The number of furan rings is 1. The number of anilines is 1. The Morgan fingerprint density at radius 2 is 2.14 bits per heavy atom. The van der Waals surface area contributed by atoms with Crippen LogP contribution in [0.15, 0.2) is 52.9 Å². The molecule has 21 heavy (non-hydrogen) atoms. The van der Waals surface area contributed by atoms with E-state index in [0.717, 1.165) is 17.3 Å². The lowest BCUT2D eigenvalue weighted by Crippen LogP contribution is -2.34. The molecule has 0 amide bonds. The first-order valence-electron chi connectivity index (χ1n) is 6.19. The summed E-state index contributed by atoms with van der Waals surface area (Å²) < 4.78 is 17.9. The van der Waals surface area contributed by atoms with Crippen molar-refractivity contribution in [2.24, 2.45) is 0 Å². The molecule has 3 rings (SSSR count). The molecule has 1 unspecified atom stereocenters. The highest BCUT2D eigenvalue weighted by Gasteiger charge is 2.33. The van der Waals surface area contributed by atoms with Crippen LogP contribution in [0.5, 0.6) is 0 Å². The van der Waals surface area contributed by atoms with Crippen molar-refractivity contribution >= 4 is 17.3 Å². The Labute approximate surface area is 124 Å². The predicted octanol–water partition coefficient (Wildman–Crippen LogP) is 2.62. The fourth-order valence-electron chi connectivity index (χ4n) is 1.96. The van der Waals surface area contributed by atoms with E-state index in [1.165, 1.54) is 23.9 Å². The maximum atomic E-state index is 12.8. The van der Waals surface area contributed by atoms with Crippen molar-refractivity contribution in [3.63, 3.8) is 0 Å². The fourth-order valence-corrected chi connectivity index (χ4v) is 2.80. The molecule has 0 fully saturated rings. The molecule has 3 aromatic rings. The van der Waals surface area contributed by atoms with E-state index in [4.69, 9.17) is 4.42 Å². The van der Waals surface area contributed by atoms with E-state index in [2.05, 4.69) is 15.3 Å². The van der Waals surface area contributed by atoms with Crippen LogP contribution in [0, 0.1) is 5.82 Å². The van der Waals surface area contributed by atoms with Gasteiger partial charge in [-0.2, -0.15) is 0 Å². The maximum Gasteiger partial charge on any atom is 0.222 e. The van der Waals surface area contributed by atoms with Gasteiger partial charge in [-0.25, -0.2) is 14.4 Å². The topological polar surface area (TPSA) is 71.2 Å². The van der Waals surface area contributed by atoms with Gasteiger partial charge in [0.05, 0.1) is 31.5 Å². The third-order valence-electron chi connectivity index (χ3n) is 3.05. The summed E-state index contributed by atoms with van der Waals surface area (Å²) in [6.07, 6.45) is 5.13. The second kappa shape index (κ2) is 5.63. The summed E-state index contributed by atoms with van der Waals surface area (Å²) in [5.74, 6) is -0.265. The van der Waals surface area contributed by atoms with E-state index in [-0.39, 0.29) is 12.5 Å². The van der Waals surface area contributed by atoms with Crippen LogP contribution in [0.1, 0.15) is 10.4 Å². The van der Waals surface area contributed by atoms with Gasteiger partial charge in [0.2, 0.25) is 5.95 Å². The normalized spacial score (nSPS) is 13.8. The molecule has 0 spiro atoms. The molecule has 0 saturated carbocycles. The number of hydrogen-bond acceptors (Lipinski definition) is 6. The standard InChI is InChI=1S/C14H12FN3O2S/c15-11-6-16-13(17-7-11)18-9-14(19,10-3-4-20-8-10)12-2-1-5-21-12/h1-8,19H,9H2,(H,16,17,18). The Balaban J connectivity index is 1.85. The molecule has 5 nitrogen and oxygen atoms in total. The lowest BCUT2D eigenvalue weighted by atomic mass is 9.94. The highest BCUT2D eigenvalue weighted by molar-refractivity contribution is 7.10. The third kappa shape index (κ3) is 2.79. The first-order valence-corrected chi connectivity index (χ1v) is 7.07. The molecule has 0 aliphatic rings. The quantitative estimate of drug-likeness (QED) is 0.758. The van der Waals surface area contributed by atoms with Crippen LogP contribution in [-0.4, -0.2) is 21.6 Å². The molecule has 0 aromatic carbocycles. The number of hydrogen-bond donors (Lipinski definition) is 2. The Morgan fingerprint density at radius 1 is 1.33 bits per heavy atom.